The first-order chi connectivity index (χ1) is 12.1. The molecule has 4 unspecified atom stereocenters. The van der Waals surface area contributed by atoms with Crippen molar-refractivity contribution in [1.29, 1.82) is 0 Å². The quantitative estimate of drug-likeness (QED) is 0.280. The predicted octanol–water partition coefficient (Wildman–Crippen LogP) is 4.97. The van der Waals surface area contributed by atoms with E-state index >= 15 is 0 Å². The number of hydrogen-bond donors (Lipinski definition) is 2. The van der Waals surface area contributed by atoms with Gasteiger partial charge in [-0.1, -0.05) is 70.6 Å². The first-order valence-electron chi connectivity index (χ1n) is 10.3. The average molecular weight is 351 g/mol. The normalized spacial score (nSPS) is 26.9. The van der Waals surface area contributed by atoms with E-state index in [-0.39, 0.29) is 17.6 Å². The first-order valence-corrected chi connectivity index (χ1v) is 10.3. The fourth-order valence-electron chi connectivity index (χ4n) is 3.60. The van der Waals surface area contributed by atoms with E-state index < -0.39 is 12.2 Å². The SMILES string of the molecule is CCCC/C=C/CC1C(O)CC(O)C1/C=C/C(=O)CCCCCCC. The van der Waals surface area contributed by atoms with E-state index in [0.29, 0.717) is 12.8 Å². The molecule has 3 heteroatoms. The van der Waals surface area contributed by atoms with Gasteiger partial charge in [-0.05, 0) is 31.3 Å². The molecule has 2 N–H and O–H groups in total. The van der Waals surface area contributed by atoms with Crippen LogP contribution in [0.2, 0.25) is 0 Å². The van der Waals surface area contributed by atoms with Crippen LogP contribution in [0.3, 0.4) is 0 Å². The van der Waals surface area contributed by atoms with E-state index in [1.165, 1.54) is 32.1 Å². The highest BCUT2D eigenvalue weighted by Gasteiger charge is 2.39. The molecule has 0 spiro atoms. The number of ketones is 1. The molecule has 0 radical (unpaired) electrons. The fourth-order valence-corrected chi connectivity index (χ4v) is 3.60. The molecular weight excluding hydrogens is 312 g/mol. The highest BCUT2D eigenvalue weighted by molar-refractivity contribution is 5.89. The molecule has 1 rings (SSSR count). The number of carbonyl (C=O) groups is 1. The number of allylic oxidation sites excluding steroid dienone is 3. The van der Waals surface area contributed by atoms with Crippen LogP contribution in [0.25, 0.3) is 0 Å². The lowest BCUT2D eigenvalue weighted by atomic mass is 9.89. The van der Waals surface area contributed by atoms with Gasteiger partial charge in [0, 0.05) is 18.8 Å². The summed E-state index contributed by atoms with van der Waals surface area (Å²) in [6, 6.07) is 0. The maximum absolute atomic E-state index is 12.0. The van der Waals surface area contributed by atoms with Crippen molar-refractivity contribution in [3.63, 3.8) is 0 Å². The molecule has 0 aromatic rings. The molecule has 0 aliphatic heterocycles. The Morgan fingerprint density at radius 1 is 0.960 bits per heavy atom. The Bertz CT molecular complexity index is 413. The van der Waals surface area contributed by atoms with Crippen LogP contribution in [0.15, 0.2) is 24.3 Å². The average Bonchev–Trinajstić information content (AvgIpc) is 2.85. The van der Waals surface area contributed by atoms with Crippen LogP contribution >= 0.6 is 0 Å². The maximum atomic E-state index is 12.0. The van der Waals surface area contributed by atoms with E-state index in [1.807, 2.05) is 6.08 Å². The lowest BCUT2D eigenvalue weighted by Gasteiger charge is -2.19. The van der Waals surface area contributed by atoms with Crippen LogP contribution in [0.5, 0.6) is 0 Å². The van der Waals surface area contributed by atoms with Gasteiger partial charge in [0.1, 0.15) is 0 Å². The van der Waals surface area contributed by atoms with Crippen molar-refractivity contribution in [2.24, 2.45) is 11.8 Å². The molecule has 1 aliphatic carbocycles. The molecule has 0 aromatic heterocycles. The Kier molecular flexibility index (Phi) is 11.8. The summed E-state index contributed by atoms with van der Waals surface area (Å²) in [5, 5.41) is 20.4. The predicted molar refractivity (Wildman–Crippen MR) is 104 cm³/mol. The summed E-state index contributed by atoms with van der Waals surface area (Å²) in [5.41, 5.74) is 0. The van der Waals surface area contributed by atoms with Gasteiger partial charge in [-0.3, -0.25) is 4.79 Å². The molecule has 1 saturated carbocycles. The molecule has 0 saturated heterocycles. The topological polar surface area (TPSA) is 57.5 Å². The number of unbranched alkanes of at least 4 members (excludes halogenated alkanes) is 6. The van der Waals surface area contributed by atoms with Crippen molar-refractivity contribution in [1.82, 2.24) is 0 Å². The summed E-state index contributed by atoms with van der Waals surface area (Å²) < 4.78 is 0. The third kappa shape index (κ3) is 8.82. The fraction of sp³-hybridized carbons (Fsp3) is 0.773. The zero-order valence-corrected chi connectivity index (χ0v) is 16.2. The van der Waals surface area contributed by atoms with E-state index in [0.717, 1.165) is 25.7 Å². The van der Waals surface area contributed by atoms with Crippen molar-refractivity contribution in [3.05, 3.63) is 24.3 Å². The lowest BCUT2D eigenvalue weighted by molar-refractivity contribution is -0.114. The van der Waals surface area contributed by atoms with Crippen LogP contribution in [0.1, 0.15) is 84.5 Å². The Morgan fingerprint density at radius 3 is 2.40 bits per heavy atom. The molecule has 3 nitrogen and oxygen atoms in total. The van der Waals surface area contributed by atoms with Crippen molar-refractivity contribution in [2.45, 2.75) is 96.7 Å². The molecule has 1 aliphatic rings. The molecule has 0 amide bonds. The molecule has 1 fully saturated rings. The van der Waals surface area contributed by atoms with Gasteiger partial charge < -0.3 is 10.2 Å². The summed E-state index contributed by atoms with van der Waals surface area (Å²) in [4.78, 5) is 12.0. The zero-order valence-electron chi connectivity index (χ0n) is 16.2. The van der Waals surface area contributed by atoms with E-state index in [1.54, 1.807) is 6.08 Å². The van der Waals surface area contributed by atoms with E-state index in [2.05, 4.69) is 26.0 Å². The van der Waals surface area contributed by atoms with Crippen molar-refractivity contribution in [2.75, 3.05) is 0 Å². The van der Waals surface area contributed by atoms with E-state index in [4.69, 9.17) is 0 Å². The highest BCUT2D eigenvalue weighted by atomic mass is 16.3. The summed E-state index contributed by atoms with van der Waals surface area (Å²) in [7, 11) is 0. The third-order valence-corrected chi connectivity index (χ3v) is 5.25. The molecule has 144 valence electrons. The molecule has 0 aromatic carbocycles. The van der Waals surface area contributed by atoms with Crippen molar-refractivity contribution >= 4 is 5.78 Å². The van der Waals surface area contributed by atoms with Crippen molar-refractivity contribution in [3.8, 4) is 0 Å². The van der Waals surface area contributed by atoms with Gasteiger partial charge in [0.2, 0.25) is 0 Å². The van der Waals surface area contributed by atoms with Gasteiger partial charge in [0.25, 0.3) is 0 Å². The third-order valence-electron chi connectivity index (χ3n) is 5.25. The largest absolute Gasteiger partial charge is 0.393 e. The maximum Gasteiger partial charge on any atom is 0.155 e. The summed E-state index contributed by atoms with van der Waals surface area (Å²) in [5.74, 6) is 0.0404. The summed E-state index contributed by atoms with van der Waals surface area (Å²) >= 11 is 0. The molecule has 0 heterocycles. The summed E-state index contributed by atoms with van der Waals surface area (Å²) in [6.07, 6.45) is 17.7. The Balaban J connectivity index is 2.43. The van der Waals surface area contributed by atoms with Crippen LogP contribution in [-0.2, 0) is 4.79 Å². The second kappa shape index (κ2) is 13.3. The Morgan fingerprint density at radius 2 is 1.68 bits per heavy atom. The van der Waals surface area contributed by atoms with Crippen molar-refractivity contribution < 1.29 is 15.0 Å². The number of carbonyl (C=O) groups excluding carboxylic acids is 1. The van der Waals surface area contributed by atoms with Gasteiger partial charge in [0.15, 0.2) is 5.78 Å². The smallest absolute Gasteiger partial charge is 0.155 e. The van der Waals surface area contributed by atoms with Gasteiger partial charge in [-0.25, -0.2) is 0 Å². The zero-order chi connectivity index (χ0) is 18.5. The van der Waals surface area contributed by atoms with E-state index in [9.17, 15) is 15.0 Å². The van der Waals surface area contributed by atoms with Gasteiger partial charge in [-0.15, -0.1) is 0 Å². The van der Waals surface area contributed by atoms with Crippen LogP contribution in [0, 0.1) is 11.8 Å². The lowest BCUT2D eigenvalue weighted by Crippen LogP contribution is -2.20. The summed E-state index contributed by atoms with van der Waals surface area (Å²) in [6.45, 7) is 4.36. The van der Waals surface area contributed by atoms with Crippen LogP contribution < -0.4 is 0 Å². The van der Waals surface area contributed by atoms with Gasteiger partial charge >= 0.3 is 0 Å². The first kappa shape index (κ1) is 22.1. The van der Waals surface area contributed by atoms with Gasteiger partial charge in [0.05, 0.1) is 12.2 Å². The molecular formula is C22H38O3. The number of rotatable bonds is 13. The Hall–Kier alpha value is -0.930. The number of aliphatic hydroxyl groups is 2. The second-order valence-corrected chi connectivity index (χ2v) is 7.45. The highest BCUT2D eigenvalue weighted by Crippen LogP contribution is 2.36. The van der Waals surface area contributed by atoms with Crippen LogP contribution in [-0.4, -0.2) is 28.2 Å². The minimum Gasteiger partial charge on any atom is -0.393 e. The second-order valence-electron chi connectivity index (χ2n) is 7.45. The minimum absolute atomic E-state index is 0.0153. The number of aliphatic hydroxyl groups excluding tert-OH is 2. The van der Waals surface area contributed by atoms with Gasteiger partial charge in [-0.2, -0.15) is 0 Å². The molecule has 25 heavy (non-hydrogen) atoms. The molecule has 0 bridgehead atoms. The minimum atomic E-state index is -0.544. The monoisotopic (exact) mass is 350 g/mol. The number of hydrogen-bond acceptors (Lipinski definition) is 3. The Labute approximate surface area is 154 Å². The van der Waals surface area contributed by atoms with Crippen LogP contribution in [0.4, 0.5) is 0 Å². The standard InChI is InChI=1S/C22H38O3/c1-3-5-7-9-11-13-18(23)15-16-20-19(21(24)17-22(20)25)14-12-10-8-6-4-2/h10,12,15-16,19-22,24-25H,3-9,11,13-14,17H2,1-2H3/b12-10+,16-15+. The molecule has 4 atom stereocenters.